The van der Waals surface area contributed by atoms with Gasteiger partial charge in [-0.3, -0.25) is 9.59 Å². The van der Waals surface area contributed by atoms with Crippen molar-refractivity contribution in [2.75, 3.05) is 23.0 Å². The summed E-state index contributed by atoms with van der Waals surface area (Å²) in [4.78, 5) is 32.2. The van der Waals surface area contributed by atoms with E-state index in [2.05, 4.69) is 10.3 Å². The molecule has 1 unspecified atom stereocenters. The molecule has 0 saturated carbocycles. The summed E-state index contributed by atoms with van der Waals surface area (Å²) in [5, 5.41) is 5.81. The summed E-state index contributed by atoms with van der Waals surface area (Å²) in [7, 11) is 0. The van der Waals surface area contributed by atoms with Gasteiger partial charge in [-0.2, -0.15) is 0 Å². The van der Waals surface area contributed by atoms with Crippen LogP contribution in [0.15, 0.2) is 65.0 Å². The third-order valence-corrected chi connectivity index (χ3v) is 6.28. The lowest BCUT2D eigenvalue weighted by atomic mass is 10.1. The molecule has 2 amide bonds. The van der Waals surface area contributed by atoms with Crippen LogP contribution in [0.5, 0.6) is 0 Å². The topological polar surface area (TPSA) is 62.3 Å². The average Bonchev–Trinajstić information content (AvgIpc) is 3.39. The Bertz CT molecular complexity index is 970. The molecule has 7 heteroatoms. The maximum absolute atomic E-state index is 12.6. The number of carbonyl (C=O) groups excluding carboxylic acids is 2. The van der Waals surface area contributed by atoms with Gasteiger partial charge in [-0.25, -0.2) is 4.98 Å². The van der Waals surface area contributed by atoms with Crippen LogP contribution in [0.3, 0.4) is 0 Å². The average molecular weight is 410 g/mol. The fourth-order valence-corrected chi connectivity index (χ4v) is 4.25. The minimum Gasteiger partial charge on any atom is -0.326 e. The predicted octanol–water partition coefficient (Wildman–Crippen LogP) is 4.52. The highest BCUT2D eigenvalue weighted by Gasteiger charge is 2.35. The summed E-state index contributed by atoms with van der Waals surface area (Å²) in [5.41, 5.74) is 2.58. The first-order valence-electron chi connectivity index (χ1n) is 8.89. The third-order valence-electron chi connectivity index (χ3n) is 4.71. The molecule has 0 radical (unpaired) electrons. The quantitative estimate of drug-likeness (QED) is 0.629. The van der Waals surface area contributed by atoms with Crippen molar-refractivity contribution < 1.29 is 9.59 Å². The molecule has 1 aliphatic rings. The van der Waals surface area contributed by atoms with Gasteiger partial charge >= 0.3 is 0 Å². The van der Waals surface area contributed by atoms with E-state index in [1.54, 1.807) is 34.2 Å². The zero-order valence-electron chi connectivity index (χ0n) is 15.3. The second-order valence-electron chi connectivity index (χ2n) is 6.51. The Kier molecular flexibility index (Phi) is 5.45. The van der Waals surface area contributed by atoms with E-state index < -0.39 is 0 Å². The van der Waals surface area contributed by atoms with E-state index in [4.69, 9.17) is 0 Å². The Morgan fingerprint density at radius 1 is 1.18 bits per heavy atom. The molecule has 1 fully saturated rings. The number of thioether (sulfide) groups is 1. The van der Waals surface area contributed by atoms with Crippen molar-refractivity contribution >= 4 is 46.3 Å². The molecule has 1 N–H and O–H groups in total. The molecule has 1 saturated heterocycles. The normalized spacial score (nSPS) is 16.4. The van der Waals surface area contributed by atoms with Gasteiger partial charge in [0.2, 0.25) is 11.8 Å². The number of carbonyl (C=O) groups is 2. The summed E-state index contributed by atoms with van der Waals surface area (Å²) in [6.07, 6.45) is 4.01. The summed E-state index contributed by atoms with van der Waals surface area (Å²) < 4.78 is 0. The fraction of sp³-hybridized carbons (Fsp3) is 0.190. The van der Waals surface area contributed by atoms with Gasteiger partial charge in [0, 0.05) is 46.4 Å². The largest absolute Gasteiger partial charge is 0.326 e. The van der Waals surface area contributed by atoms with Crippen molar-refractivity contribution in [2.24, 2.45) is 5.92 Å². The number of nitrogens with zero attached hydrogens (tertiary/aromatic N) is 2. The third kappa shape index (κ3) is 3.95. The van der Waals surface area contributed by atoms with Gasteiger partial charge in [0.1, 0.15) is 5.01 Å². The molecule has 0 bridgehead atoms. The molecule has 2 aromatic carbocycles. The molecule has 5 nitrogen and oxygen atoms in total. The zero-order valence-corrected chi connectivity index (χ0v) is 16.9. The molecule has 28 heavy (non-hydrogen) atoms. The monoisotopic (exact) mass is 409 g/mol. The molecule has 1 aliphatic heterocycles. The van der Waals surface area contributed by atoms with Crippen LogP contribution < -0.4 is 10.2 Å². The number of aromatic nitrogens is 1. The highest BCUT2D eigenvalue weighted by Crippen LogP contribution is 2.28. The van der Waals surface area contributed by atoms with Crippen LogP contribution in [0.1, 0.15) is 6.42 Å². The molecule has 1 atom stereocenters. The van der Waals surface area contributed by atoms with Crippen molar-refractivity contribution in [1.29, 1.82) is 0 Å². The van der Waals surface area contributed by atoms with Crippen molar-refractivity contribution in [3.63, 3.8) is 0 Å². The van der Waals surface area contributed by atoms with Gasteiger partial charge in [0.05, 0.1) is 5.92 Å². The van der Waals surface area contributed by atoms with Crippen LogP contribution >= 0.6 is 23.1 Å². The van der Waals surface area contributed by atoms with Crippen molar-refractivity contribution in [3.05, 3.63) is 60.1 Å². The van der Waals surface area contributed by atoms with Gasteiger partial charge in [-0.05, 0) is 54.8 Å². The van der Waals surface area contributed by atoms with Crippen LogP contribution in [0.4, 0.5) is 11.4 Å². The van der Waals surface area contributed by atoms with Gasteiger partial charge < -0.3 is 10.2 Å². The van der Waals surface area contributed by atoms with Crippen LogP contribution in [0, 0.1) is 5.92 Å². The minimum absolute atomic E-state index is 0.0174. The summed E-state index contributed by atoms with van der Waals surface area (Å²) >= 11 is 3.23. The standard InChI is InChI=1S/C21H19N3O2S2/c1-27-18-8-6-17(7-9-18)24-13-15(12-19(24)25)20(26)23-16-4-2-14(3-5-16)21-22-10-11-28-21/h2-11,15H,12-13H2,1H3,(H,23,26). The maximum atomic E-state index is 12.6. The van der Waals surface area contributed by atoms with Crippen LogP contribution in [0.2, 0.25) is 0 Å². The first-order chi connectivity index (χ1) is 13.6. The second-order valence-corrected chi connectivity index (χ2v) is 8.28. The summed E-state index contributed by atoms with van der Waals surface area (Å²) in [6.45, 7) is 0.403. The Morgan fingerprint density at radius 3 is 2.57 bits per heavy atom. The van der Waals surface area contributed by atoms with Crippen LogP contribution in [0.25, 0.3) is 10.6 Å². The summed E-state index contributed by atoms with van der Waals surface area (Å²) in [6, 6.07) is 15.5. The number of thiazole rings is 1. The number of nitrogens with one attached hydrogen (secondary N) is 1. The zero-order chi connectivity index (χ0) is 19.5. The number of benzene rings is 2. The van der Waals surface area contributed by atoms with E-state index in [-0.39, 0.29) is 24.2 Å². The molecule has 3 aromatic rings. The number of anilines is 2. The first kappa shape index (κ1) is 18.7. The van der Waals surface area contributed by atoms with Gasteiger partial charge in [0.15, 0.2) is 0 Å². The van der Waals surface area contributed by atoms with Crippen LogP contribution in [-0.4, -0.2) is 29.6 Å². The van der Waals surface area contributed by atoms with E-state index in [1.165, 1.54) is 0 Å². The van der Waals surface area contributed by atoms with Gasteiger partial charge in [-0.15, -0.1) is 23.1 Å². The molecule has 1 aromatic heterocycles. The molecule has 0 spiro atoms. The predicted molar refractivity (Wildman–Crippen MR) is 115 cm³/mol. The lowest BCUT2D eigenvalue weighted by Crippen LogP contribution is -2.28. The van der Waals surface area contributed by atoms with E-state index >= 15 is 0 Å². The van der Waals surface area contributed by atoms with E-state index in [1.807, 2.05) is 60.2 Å². The van der Waals surface area contributed by atoms with Crippen molar-refractivity contribution in [3.8, 4) is 10.6 Å². The van der Waals surface area contributed by atoms with Gasteiger partial charge in [0.25, 0.3) is 0 Å². The Morgan fingerprint density at radius 2 is 1.93 bits per heavy atom. The lowest BCUT2D eigenvalue weighted by Gasteiger charge is -2.17. The van der Waals surface area contributed by atoms with Gasteiger partial charge in [-0.1, -0.05) is 0 Å². The highest BCUT2D eigenvalue weighted by atomic mass is 32.2. The smallest absolute Gasteiger partial charge is 0.229 e. The first-order valence-corrected chi connectivity index (χ1v) is 11.0. The molecule has 4 rings (SSSR count). The SMILES string of the molecule is CSc1ccc(N2CC(C(=O)Nc3ccc(-c4nccs4)cc3)CC2=O)cc1. The lowest BCUT2D eigenvalue weighted by molar-refractivity contribution is -0.122. The van der Waals surface area contributed by atoms with E-state index in [0.29, 0.717) is 6.54 Å². The summed E-state index contributed by atoms with van der Waals surface area (Å²) in [5.74, 6) is -0.499. The number of hydrogen-bond donors (Lipinski definition) is 1. The number of amides is 2. The Labute approximate surface area is 171 Å². The molecular weight excluding hydrogens is 390 g/mol. The fourth-order valence-electron chi connectivity index (χ4n) is 3.20. The molecular formula is C21H19N3O2S2. The van der Waals surface area contributed by atoms with Crippen molar-refractivity contribution in [1.82, 2.24) is 4.98 Å². The Balaban J connectivity index is 1.40. The van der Waals surface area contributed by atoms with Crippen LogP contribution in [-0.2, 0) is 9.59 Å². The van der Waals surface area contributed by atoms with Crippen molar-refractivity contribution in [2.45, 2.75) is 11.3 Å². The number of rotatable bonds is 5. The Hall–Kier alpha value is -2.64. The molecule has 2 heterocycles. The van der Waals surface area contributed by atoms with E-state index in [0.717, 1.165) is 26.8 Å². The highest BCUT2D eigenvalue weighted by molar-refractivity contribution is 7.98. The molecule has 0 aliphatic carbocycles. The molecule has 142 valence electrons. The second kappa shape index (κ2) is 8.16. The number of hydrogen-bond acceptors (Lipinski definition) is 5. The maximum Gasteiger partial charge on any atom is 0.229 e. The van der Waals surface area contributed by atoms with E-state index in [9.17, 15) is 9.59 Å². The minimum atomic E-state index is -0.355.